The van der Waals surface area contributed by atoms with Gasteiger partial charge in [0.25, 0.3) is 0 Å². The minimum Gasteiger partial charge on any atom is -0.609 e. The Labute approximate surface area is 185 Å². The number of imidazole rings is 1. The lowest BCUT2D eigenvalue weighted by Crippen LogP contribution is -2.20. The zero-order chi connectivity index (χ0) is 23.5. The predicted molar refractivity (Wildman–Crippen MR) is 111 cm³/mol. The molecule has 2 heterocycles. The number of hydrogen-bond donors (Lipinski definition) is 0. The Morgan fingerprint density at radius 1 is 1.25 bits per heavy atom. The number of pyridine rings is 1. The van der Waals surface area contributed by atoms with E-state index in [9.17, 15) is 22.5 Å². The third-order valence-corrected chi connectivity index (χ3v) is 5.80. The molecule has 0 aliphatic heterocycles. The van der Waals surface area contributed by atoms with Gasteiger partial charge in [-0.25, -0.2) is 4.57 Å². The lowest BCUT2D eigenvalue weighted by molar-refractivity contribution is -0.153. The molecule has 0 aliphatic carbocycles. The summed E-state index contributed by atoms with van der Waals surface area (Å²) in [6.45, 7) is 3.36. The van der Waals surface area contributed by atoms with Crippen molar-refractivity contribution in [3.05, 3.63) is 47.8 Å². The fourth-order valence-corrected chi connectivity index (χ4v) is 4.12. The number of aromatic nitrogens is 3. The van der Waals surface area contributed by atoms with Crippen LogP contribution in [0.25, 0.3) is 11.0 Å². The minimum absolute atomic E-state index is 0.0173. The number of alkyl halides is 3. The molecule has 2 aromatic heterocycles. The molecule has 0 amide bonds. The van der Waals surface area contributed by atoms with Gasteiger partial charge in [0.05, 0.1) is 22.6 Å². The number of carbonyl (C=O) groups is 1. The van der Waals surface area contributed by atoms with Crippen molar-refractivity contribution in [2.75, 3.05) is 6.61 Å². The van der Waals surface area contributed by atoms with Crippen LogP contribution < -0.4 is 4.74 Å². The van der Waals surface area contributed by atoms with E-state index in [0.717, 1.165) is 0 Å². The van der Waals surface area contributed by atoms with Crippen LogP contribution in [0.3, 0.4) is 0 Å². The van der Waals surface area contributed by atoms with Crippen LogP contribution in [0.4, 0.5) is 13.2 Å². The average Bonchev–Trinajstić information content (AvgIpc) is 3.10. The first-order valence-electron chi connectivity index (χ1n) is 9.71. The summed E-state index contributed by atoms with van der Waals surface area (Å²) in [5, 5.41) is 0.172. The molecule has 7 nitrogen and oxygen atoms in total. The first kappa shape index (κ1) is 23.9. The Balaban J connectivity index is 1.86. The monoisotopic (exact) mass is 469 g/mol. The van der Waals surface area contributed by atoms with E-state index in [2.05, 4.69) is 9.97 Å². The lowest BCUT2D eigenvalue weighted by Gasteiger charge is -2.15. The smallest absolute Gasteiger partial charge is 0.422 e. The van der Waals surface area contributed by atoms with Gasteiger partial charge in [0, 0.05) is 22.9 Å². The van der Waals surface area contributed by atoms with Crippen LogP contribution in [0.5, 0.6) is 5.75 Å². The molecule has 172 valence electrons. The highest BCUT2D eigenvalue weighted by molar-refractivity contribution is 7.90. The number of esters is 1. The van der Waals surface area contributed by atoms with E-state index in [-0.39, 0.29) is 29.3 Å². The van der Waals surface area contributed by atoms with Crippen molar-refractivity contribution in [1.82, 2.24) is 14.5 Å². The van der Waals surface area contributed by atoms with E-state index in [1.165, 1.54) is 12.3 Å². The van der Waals surface area contributed by atoms with Crippen LogP contribution in [-0.2, 0) is 33.2 Å². The third kappa shape index (κ3) is 5.71. The first-order valence-corrected chi connectivity index (χ1v) is 11.0. The van der Waals surface area contributed by atoms with Gasteiger partial charge in [-0.05, 0) is 25.1 Å². The highest BCUT2D eigenvalue weighted by Gasteiger charge is 2.29. The molecular formula is C21H22F3N3O4S. The lowest BCUT2D eigenvalue weighted by atomic mass is 10.2. The summed E-state index contributed by atoms with van der Waals surface area (Å²) in [7, 11) is 0. The van der Waals surface area contributed by atoms with Crippen LogP contribution in [0.1, 0.15) is 25.1 Å². The predicted octanol–water partition coefficient (Wildman–Crippen LogP) is 4.15. The maximum atomic E-state index is 13.2. The molecule has 0 saturated carbocycles. The number of halogens is 3. The number of benzene rings is 1. The SMILES string of the molecule is Cc1c(OCC(F)(F)F)ccnc1C[S@@+]([O-])c1nc2ccccc2n1COC(=O)C(C)C. The van der Waals surface area contributed by atoms with E-state index >= 15 is 0 Å². The van der Waals surface area contributed by atoms with E-state index in [1.54, 1.807) is 49.6 Å². The molecule has 0 N–H and O–H groups in total. The fourth-order valence-electron chi connectivity index (χ4n) is 2.86. The fraction of sp³-hybridized carbons (Fsp3) is 0.381. The van der Waals surface area contributed by atoms with Gasteiger partial charge in [0.2, 0.25) is 0 Å². The van der Waals surface area contributed by atoms with Crippen LogP contribution in [0.15, 0.2) is 41.7 Å². The number of carbonyl (C=O) groups excluding carboxylic acids is 1. The van der Waals surface area contributed by atoms with Gasteiger partial charge in [0.15, 0.2) is 19.1 Å². The average molecular weight is 469 g/mol. The van der Waals surface area contributed by atoms with Crippen molar-refractivity contribution in [2.45, 2.75) is 44.6 Å². The Bertz CT molecular complexity index is 1100. The molecule has 32 heavy (non-hydrogen) atoms. The Hall–Kier alpha value is -2.79. The van der Waals surface area contributed by atoms with Gasteiger partial charge < -0.3 is 14.0 Å². The molecule has 0 fully saturated rings. The van der Waals surface area contributed by atoms with E-state index in [1.807, 2.05) is 0 Å². The van der Waals surface area contributed by atoms with E-state index in [4.69, 9.17) is 9.47 Å². The Morgan fingerprint density at radius 3 is 2.66 bits per heavy atom. The second kappa shape index (κ2) is 9.78. The van der Waals surface area contributed by atoms with Gasteiger partial charge in [-0.3, -0.25) is 9.78 Å². The standard InChI is InChI=1S/C21H22F3N3O4S/c1-13(2)19(28)31-12-27-17-7-5-4-6-15(17)26-20(27)32(29)10-16-14(3)18(8-9-25-16)30-11-21(22,23)24/h4-9,13H,10-12H2,1-3H3/t32-/m1/s1. The van der Waals surface area contributed by atoms with Crippen LogP contribution in [0, 0.1) is 12.8 Å². The summed E-state index contributed by atoms with van der Waals surface area (Å²) in [4.78, 5) is 20.5. The zero-order valence-corrected chi connectivity index (χ0v) is 18.5. The second-order valence-corrected chi connectivity index (χ2v) is 8.68. The van der Waals surface area contributed by atoms with Crippen LogP contribution >= 0.6 is 0 Å². The number of rotatable bonds is 8. The highest BCUT2D eigenvalue weighted by Crippen LogP contribution is 2.27. The van der Waals surface area contributed by atoms with Gasteiger partial charge in [-0.1, -0.05) is 26.0 Å². The Kier molecular flexibility index (Phi) is 7.29. The maximum Gasteiger partial charge on any atom is 0.422 e. The summed E-state index contributed by atoms with van der Waals surface area (Å²) >= 11 is -1.72. The van der Waals surface area contributed by atoms with Gasteiger partial charge in [-0.15, -0.1) is 0 Å². The number of nitrogens with zero attached hydrogens (tertiary/aromatic N) is 3. The van der Waals surface area contributed by atoms with Crippen molar-refractivity contribution in [3.8, 4) is 5.75 Å². The molecular weight excluding hydrogens is 447 g/mol. The molecule has 3 rings (SSSR count). The minimum atomic E-state index is -4.48. The Morgan fingerprint density at radius 2 is 1.97 bits per heavy atom. The molecule has 3 aromatic rings. The quantitative estimate of drug-likeness (QED) is 0.364. The van der Waals surface area contributed by atoms with Crippen molar-refractivity contribution < 1.29 is 32.0 Å². The van der Waals surface area contributed by atoms with Crippen LogP contribution in [-0.4, -0.2) is 37.8 Å². The zero-order valence-electron chi connectivity index (χ0n) is 17.7. The van der Waals surface area contributed by atoms with E-state index in [0.29, 0.717) is 22.3 Å². The molecule has 0 unspecified atom stereocenters. The summed E-state index contributed by atoms with van der Waals surface area (Å²) < 4.78 is 62.4. The molecule has 0 saturated heterocycles. The molecule has 11 heteroatoms. The maximum absolute atomic E-state index is 13.2. The number of fused-ring (bicyclic) bond motifs is 1. The third-order valence-electron chi connectivity index (χ3n) is 4.55. The summed E-state index contributed by atoms with van der Waals surface area (Å²) in [6, 6.07) is 8.39. The van der Waals surface area contributed by atoms with E-state index < -0.39 is 29.9 Å². The number of para-hydroxylation sites is 2. The normalized spacial score (nSPS) is 12.9. The number of hydrogen-bond acceptors (Lipinski definition) is 6. The summed E-state index contributed by atoms with van der Waals surface area (Å²) in [5.74, 6) is -0.823. The van der Waals surface area contributed by atoms with Gasteiger partial charge in [-0.2, -0.15) is 18.2 Å². The molecule has 1 aromatic carbocycles. The van der Waals surface area contributed by atoms with Crippen molar-refractivity contribution in [1.29, 1.82) is 0 Å². The first-order chi connectivity index (χ1) is 15.1. The molecule has 1 atom stereocenters. The molecule has 0 spiro atoms. The van der Waals surface area contributed by atoms with Crippen molar-refractivity contribution >= 4 is 28.2 Å². The van der Waals surface area contributed by atoms with Gasteiger partial charge in [0.1, 0.15) is 5.75 Å². The summed E-state index contributed by atoms with van der Waals surface area (Å²) in [5.41, 5.74) is 1.89. The van der Waals surface area contributed by atoms with Gasteiger partial charge >= 0.3 is 17.3 Å². The number of ether oxygens (including phenoxy) is 2. The highest BCUT2D eigenvalue weighted by atomic mass is 32.2. The molecule has 0 aliphatic rings. The van der Waals surface area contributed by atoms with Crippen molar-refractivity contribution in [2.24, 2.45) is 5.92 Å². The molecule has 0 radical (unpaired) electrons. The largest absolute Gasteiger partial charge is 0.609 e. The summed E-state index contributed by atoms with van der Waals surface area (Å²) in [6.07, 6.45) is -3.17. The molecule has 0 bridgehead atoms. The van der Waals surface area contributed by atoms with Crippen molar-refractivity contribution in [3.63, 3.8) is 0 Å². The second-order valence-electron chi connectivity index (χ2n) is 7.33. The topological polar surface area (TPSA) is 89.3 Å². The van der Waals surface area contributed by atoms with Crippen LogP contribution in [0.2, 0.25) is 0 Å².